The van der Waals surface area contributed by atoms with Crippen LogP contribution in [0.15, 0.2) is 24.4 Å². The van der Waals surface area contributed by atoms with Crippen LogP contribution in [0.5, 0.6) is 5.75 Å². The zero-order chi connectivity index (χ0) is 14.0. The third-order valence-corrected chi connectivity index (χ3v) is 2.88. The molecule has 0 amide bonds. The van der Waals surface area contributed by atoms with E-state index in [1.165, 1.54) is 13.2 Å². The molecule has 0 saturated carbocycles. The van der Waals surface area contributed by atoms with E-state index < -0.39 is 11.9 Å². The summed E-state index contributed by atoms with van der Waals surface area (Å²) in [4.78, 5) is 8.51. The maximum absolute atomic E-state index is 13.3. The van der Waals surface area contributed by atoms with E-state index in [9.17, 15) is 9.50 Å². The minimum Gasteiger partial charge on any atom is -0.494 e. The van der Waals surface area contributed by atoms with Gasteiger partial charge in [0.1, 0.15) is 0 Å². The molecule has 1 aromatic heterocycles. The molecule has 4 nitrogen and oxygen atoms in total. The molecule has 0 fully saturated rings. The highest BCUT2D eigenvalue weighted by Gasteiger charge is 2.11. The first-order chi connectivity index (χ1) is 9.02. The lowest BCUT2D eigenvalue weighted by Gasteiger charge is -2.10. The summed E-state index contributed by atoms with van der Waals surface area (Å²) < 4.78 is 18.3. The van der Waals surface area contributed by atoms with Crippen LogP contribution in [0.2, 0.25) is 0 Å². The second-order valence-electron chi connectivity index (χ2n) is 4.26. The van der Waals surface area contributed by atoms with Crippen LogP contribution < -0.4 is 4.74 Å². The number of rotatable bonds is 3. The largest absolute Gasteiger partial charge is 0.494 e. The summed E-state index contributed by atoms with van der Waals surface area (Å²) in [7, 11) is 1.41. The Kier molecular flexibility index (Phi) is 3.76. The molecule has 1 N–H and O–H groups in total. The van der Waals surface area contributed by atoms with Crippen LogP contribution in [-0.2, 0) is 0 Å². The fraction of sp³-hybridized carbons (Fsp3) is 0.286. The summed E-state index contributed by atoms with van der Waals surface area (Å²) >= 11 is 0. The minimum absolute atomic E-state index is 0.151. The van der Waals surface area contributed by atoms with E-state index in [1.807, 2.05) is 0 Å². The predicted octanol–water partition coefficient (Wildman–Crippen LogP) is 2.65. The molecule has 1 heterocycles. The number of hydrogen-bond donors (Lipinski definition) is 1. The van der Waals surface area contributed by atoms with Gasteiger partial charge in [-0.05, 0) is 32.0 Å². The number of ether oxygens (including phenoxy) is 1. The fourth-order valence-corrected chi connectivity index (χ4v) is 1.82. The van der Waals surface area contributed by atoms with Crippen molar-refractivity contribution in [3.8, 4) is 17.1 Å². The molecule has 0 spiro atoms. The smallest absolute Gasteiger partial charge is 0.165 e. The van der Waals surface area contributed by atoms with Crippen LogP contribution in [0.1, 0.15) is 24.3 Å². The molecule has 0 radical (unpaired) electrons. The Morgan fingerprint density at radius 1 is 1.37 bits per heavy atom. The summed E-state index contributed by atoms with van der Waals surface area (Å²) in [6.45, 7) is 3.46. The van der Waals surface area contributed by atoms with Crippen molar-refractivity contribution < 1.29 is 14.2 Å². The number of benzene rings is 1. The molecule has 100 valence electrons. The van der Waals surface area contributed by atoms with Gasteiger partial charge in [0.05, 0.1) is 13.2 Å². The van der Waals surface area contributed by atoms with Gasteiger partial charge in [-0.15, -0.1) is 0 Å². The number of aliphatic hydroxyl groups is 1. The van der Waals surface area contributed by atoms with Gasteiger partial charge in [0.25, 0.3) is 0 Å². The molecule has 0 aliphatic carbocycles. The summed E-state index contributed by atoms with van der Waals surface area (Å²) in [5.74, 6) is 0.196. The Hall–Kier alpha value is -2.01. The van der Waals surface area contributed by atoms with E-state index in [0.717, 1.165) is 0 Å². The lowest BCUT2D eigenvalue weighted by atomic mass is 10.1. The second kappa shape index (κ2) is 5.32. The van der Waals surface area contributed by atoms with E-state index in [1.54, 1.807) is 32.2 Å². The molecule has 5 heteroatoms. The van der Waals surface area contributed by atoms with Gasteiger partial charge in [0.2, 0.25) is 0 Å². The van der Waals surface area contributed by atoms with E-state index in [4.69, 9.17) is 4.74 Å². The van der Waals surface area contributed by atoms with Crippen molar-refractivity contribution in [3.63, 3.8) is 0 Å². The molecule has 0 aliphatic heterocycles. The molecule has 0 unspecified atom stereocenters. The molecular formula is C14H15FN2O2. The van der Waals surface area contributed by atoms with Crippen LogP contribution in [0, 0.1) is 12.7 Å². The van der Waals surface area contributed by atoms with Crippen LogP contribution in [0.25, 0.3) is 11.4 Å². The minimum atomic E-state index is -0.614. The summed E-state index contributed by atoms with van der Waals surface area (Å²) in [6, 6.07) is 4.45. The molecule has 0 saturated heterocycles. The van der Waals surface area contributed by atoms with Crippen molar-refractivity contribution in [2.24, 2.45) is 0 Å². The zero-order valence-electron chi connectivity index (χ0n) is 11.0. The number of methoxy groups -OCH3 is 1. The Morgan fingerprint density at radius 3 is 2.68 bits per heavy atom. The van der Waals surface area contributed by atoms with Crippen molar-refractivity contribution in [3.05, 3.63) is 41.5 Å². The fourth-order valence-electron chi connectivity index (χ4n) is 1.82. The van der Waals surface area contributed by atoms with Gasteiger partial charge >= 0.3 is 0 Å². The summed E-state index contributed by atoms with van der Waals surface area (Å²) in [5.41, 5.74) is 2.04. The lowest BCUT2D eigenvalue weighted by molar-refractivity contribution is 0.197. The molecule has 2 rings (SSSR count). The standard InChI is InChI=1S/C14H15FN2O2/c1-8-11(9(2)18)7-16-14(17-8)10-4-5-12(15)13(6-10)19-3/h4-7,9,18H,1-3H3/t9-/m0/s1. The SMILES string of the molecule is COc1cc(-c2ncc([C@H](C)O)c(C)n2)ccc1F. The maximum atomic E-state index is 13.3. The van der Waals surface area contributed by atoms with Crippen LogP contribution in [-0.4, -0.2) is 22.2 Å². The van der Waals surface area contributed by atoms with Crippen molar-refractivity contribution in [1.29, 1.82) is 0 Å². The third-order valence-electron chi connectivity index (χ3n) is 2.88. The number of hydrogen-bond acceptors (Lipinski definition) is 4. The molecule has 2 aromatic rings. The van der Waals surface area contributed by atoms with Gasteiger partial charge in [-0.1, -0.05) is 0 Å². The number of nitrogens with zero attached hydrogens (tertiary/aromatic N) is 2. The molecular weight excluding hydrogens is 247 g/mol. The summed E-state index contributed by atoms with van der Waals surface area (Å²) in [6.07, 6.45) is 0.967. The monoisotopic (exact) mass is 262 g/mol. The maximum Gasteiger partial charge on any atom is 0.165 e. The van der Waals surface area contributed by atoms with E-state index in [0.29, 0.717) is 22.6 Å². The summed E-state index contributed by atoms with van der Waals surface area (Å²) in [5, 5.41) is 9.53. The lowest BCUT2D eigenvalue weighted by Crippen LogP contribution is -2.01. The molecule has 0 aliphatic rings. The quantitative estimate of drug-likeness (QED) is 0.924. The van der Waals surface area contributed by atoms with Crippen molar-refractivity contribution in [2.75, 3.05) is 7.11 Å². The third kappa shape index (κ3) is 2.71. The number of aryl methyl sites for hydroxylation is 1. The van der Waals surface area contributed by atoms with E-state index in [-0.39, 0.29) is 5.75 Å². The Morgan fingerprint density at radius 2 is 2.11 bits per heavy atom. The van der Waals surface area contributed by atoms with Gasteiger partial charge in [0, 0.05) is 23.0 Å². The van der Waals surface area contributed by atoms with Gasteiger partial charge in [-0.3, -0.25) is 0 Å². The van der Waals surface area contributed by atoms with Crippen molar-refractivity contribution in [1.82, 2.24) is 9.97 Å². The zero-order valence-corrected chi connectivity index (χ0v) is 11.0. The second-order valence-corrected chi connectivity index (χ2v) is 4.26. The van der Waals surface area contributed by atoms with Crippen molar-refractivity contribution >= 4 is 0 Å². The predicted molar refractivity (Wildman–Crippen MR) is 69.3 cm³/mol. The van der Waals surface area contributed by atoms with Crippen LogP contribution in [0.4, 0.5) is 4.39 Å². The highest BCUT2D eigenvalue weighted by molar-refractivity contribution is 5.58. The Bertz CT molecular complexity index is 600. The van der Waals surface area contributed by atoms with E-state index in [2.05, 4.69) is 9.97 Å². The normalized spacial score (nSPS) is 12.3. The highest BCUT2D eigenvalue weighted by atomic mass is 19.1. The number of aliphatic hydroxyl groups excluding tert-OH is 1. The average Bonchev–Trinajstić information content (AvgIpc) is 2.38. The molecule has 1 atom stereocenters. The number of aromatic nitrogens is 2. The molecule has 19 heavy (non-hydrogen) atoms. The van der Waals surface area contributed by atoms with Crippen molar-refractivity contribution in [2.45, 2.75) is 20.0 Å². The molecule has 1 aromatic carbocycles. The van der Waals surface area contributed by atoms with Gasteiger partial charge in [-0.2, -0.15) is 0 Å². The Balaban J connectivity index is 2.45. The highest BCUT2D eigenvalue weighted by Crippen LogP contribution is 2.25. The topological polar surface area (TPSA) is 55.2 Å². The first-order valence-electron chi connectivity index (χ1n) is 5.88. The molecule has 0 bridgehead atoms. The first kappa shape index (κ1) is 13.4. The van der Waals surface area contributed by atoms with Crippen LogP contribution >= 0.6 is 0 Å². The van der Waals surface area contributed by atoms with E-state index >= 15 is 0 Å². The first-order valence-corrected chi connectivity index (χ1v) is 5.88. The van der Waals surface area contributed by atoms with Gasteiger partial charge in [-0.25, -0.2) is 14.4 Å². The Labute approximate surface area is 110 Å². The van der Waals surface area contributed by atoms with Crippen LogP contribution in [0.3, 0.4) is 0 Å². The van der Waals surface area contributed by atoms with Gasteiger partial charge in [0.15, 0.2) is 17.4 Å². The van der Waals surface area contributed by atoms with Gasteiger partial charge < -0.3 is 9.84 Å². The average molecular weight is 262 g/mol. The number of halogens is 1.